The predicted molar refractivity (Wildman–Crippen MR) is 67.3 cm³/mol. The first-order valence-corrected chi connectivity index (χ1v) is 6.80. The molecule has 2 saturated carbocycles. The number of amides is 1. The number of carbonyl (C=O) groups is 1. The maximum absolute atomic E-state index is 13.0. The number of hydrogen-bond donors (Lipinski definition) is 1. The molecule has 0 aliphatic heterocycles. The van der Waals surface area contributed by atoms with Crippen LogP contribution in [0.15, 0.2) is 24.3 Å². The van der Waals surface area contributed by atoms with Crippen LogP contribution in [0.1, 0.15) is 43.7 Å². The molecular weight excluding hydrogens is 229 g/mol. The average Bonchev–Trinajstić information content (AvgIpc) is 3.10. The minimum absolute atomic E-state index is 0.0763. The van der Waals surface area contributed by atoms with Crippen LogP contribution in [-0.4, -0.2) is 5.91 Å². The molecular formula is C15H18FNO. The van der Waals surface area contributed by atoms with E-state index in [1.54, 1.807) is 12.1 Å². The van der Waals surface area contributed by atoms with Gasteiger partial charge in [0.25, 0.3) is 0 Å². The van der Waals surface area contributed by atoms with E-state index in [0.29, 0.717) is 5.92 Å². The highest BCUT2D eigenvalue weighted by Gasteiger charge is 2.35. The summed E-state index contributed by atoms with van der Waals surface area (Å²) >= 11 is 0. The number of halogens is 1. The third-order valence-electron chi connectivity index (χ3n) is 4.10. The summed E-state index contributed by atoms with van der Waals surface area (Å²) in [5.41, 5.74) is 1.04. The van der Waals surface area contributed by atoms with E-state index in [4.69, 9.17) is 0 Å². The van der Waals surface area contributed by atoms with Crippen molar-refractivity contribution in [3.63, 3.8) is 0 Å². The van der Waals surface area contributed by atoms with E-state index in [1.807, 2.05) is 0 Å². The van der Waals surface area contributed by atoms with Crippen LogP contribution in [0.3, 0.4) is 0 Å². The normalized spacial score (nSPS) is 21.2. The third-order valence-corrected chi connectivity index (χ3v) is 4.10. The van der Waals surface area contributed by atoms with Crippen LogP contribution >= 0.6 is 0 Å². The average molecular weight is 247 g/mol. The first-order chi connectivity index (χ1) is 8.74. The standard InChI is InChI=1S/C15H18FNO/c16-13-8-6-11(7-9-13)14(10-2-1-3-10)17-15(18)12-4-5-12/h6-10,12,14H,1-5H2,(H,17,18)/t14-/m0/s1. The Morgan fingerprint density at radius 1 is 1.17 bits per heavy atom. The van der Waals surface area contributed by atoms with Crippen LogP contribution in [0.4, 0.5) is 4.39 Å². The van der Waals surface area contributed by atoms with Crippen molar-refractivity contribution in [1.82, 2.24) is 5.32 Å². The molecule has 2 aliphatic carbocycles. The Kier molecular flexibility index (Phi) is 3.06. The molecule has 0 unspecified atom stereocenters. The van der Waals surface area contributed by atoms with Crippen molar-refractivity contribution in [2.45, 2.75) is 38.1 Å². The molecule has 2 aliphatic rings. The summed E-state index contributed by atoms with van der Waals surface area (Å²) in [6.45, 7) is 0. The molecule has 3 rings (SSSR count). The molecule has 18 heavy (non-hydrogen) atoms. The van der Waals surface area contributed by atoms with Crippen LogP contribution < -0.4 is 5.32 Å². The summed E-state index contributed by atoms with van der Waals surface area (Å²) < 4.78 is 13.0. The van der Waals surface area contributed by atoms with E-state index in [9.17, 15) is 9.18 Å². The second-order valence-corrected chi connectivity index (χ2v) is 5.50. The fourth-order valence-corrected chi connectivity index (χ4v) is 2.53. The summed E-state index contributed by atoms with van der Waals surface area (Å²) in [4.78, 5) is 11.9. The fraction of sp³-hybridized carbons (Fsp3) is 0.533. The molecule has 2 fully saturated rings. The molecule has 1 N–H and O–H groups in total. The van der Waals surface area contributed by atoms with E-state index in [2.05, 4.69) is 5.32 Å². The second-order valence-electron chi connectivity index (χ2n) is 5.50. The van der Waals surface area contributed by atoms with Gasteiger partial charge in [-0.1, -0.05) is 18.6 Å². The van der Waals surface area contributed by atoms with Gasteiger partial charge >= 0.3 is 0 Å². The van der Waals surface area contributed by atoms with Crippen LogP contribution in [0.5, 0.6) is 0 Å². The summed E-state index contributed by atoms with van der Waals surface area (Å²) in [6, 6.07) is 6.62. The van der Waals surface area contributed by atoms with Gasteiger partial charge in [0.1, 0.15) is 5.82 Å². The van der Waals surface area contributed by atoms with Crippen LogP contribution in [0, 0.1) is 17.7 Å². The quantitative estimate of drug-likeness (QED) is 0.869. The Morgan fingerprint density at radius 2 is 1.83 bits per heavy atom. The Bertz CT molecular complexity index is 434. The van der Waals surface area contributed by atoms with Crippen molar-refractivity contribution < 1.29 is 9.18 Å². The molecule has 1 aromatic rings. The number of hydrogen-bond acceptors (Lipinski definition) is 1. The minimum atomic E-state index is -0.223. The summed E-state index contributed by atoms with van der Waals surface area (Å²) in [7, 11) is 0. The Hall–Kier alpha value is -1.38. The number of carbonyl (C=O) groups excluding carboxylic acids is 1. The summed E-state index contributed by atoms with van der Waals surface area (Å²) in [5.74, 6) is 0.710. The zero-order valence-corrected chi connectivity index (χ0v) is 10.4. The molecule has 1 aromatic carbocycles. The van der Waals surface area contributed by atoms with Gasteiger partial charge in [0, 0.05) is 5.92 Å². The molecule has 3 heteroatoms. The van der Waals surface area contributed by atoms with Crippen LogP contribution in [-0.2, 0) is 4.79 Å². The lowest BCUT2D eigenvalue weighted by Gasteiger charge is -2.34. The minimum Gasteiger partial charge on any atom is -0.349 e. The van der Waals surface area contributed by atoms with Gasteiger partial charge in [-0.2, -0.15) is 0 Å². The zero-order valence-electron chi connectivity index (χ0n) is 10.4. The molecule has 0 bridgehead atoms. The monoisotopic (exact) mass is 247 g/mol. The number of benzene rings is 1. The van der Waals surface area contributed by atoms with Crippen molar-refractivity contribution in [3.05, 3.63) is 35.6 Å². The van der Waals surface area contributed by atoms with Gasteiger partial charge in [-0.15, -0.1) is 0 Å². The highest BCUT2D eigenvalue weighted by Crippen LogP contribution is 2.39. The molecule has 1 atom stereocenters. The lowest BCUT2D eigenvalue weighted by Crippen LogP contribution is -2.37. The molecule has 0 heterocycles. The Balaban J connectivity index is 1.75. The smallest absolute Gasteiger partial charge is 0.223 e. The van der Waals surface area contributed by atoms with Crippen LogP contribution in [0.2, 0.25) is 0 Å². The van der Waals surface area contributed by atoms with Gasteiger partial charge in [0.2, 0.25) is 5.91 Å². The van der Waals surface area contributed by atoms with Crippen molar-refractivity contribution in [2.24, 2.45) is 11.8 Å². The lowest BCUT2D eigenvalue weighted by atomic mass is 9.77. The molecule has 96 valence electrons. The van der Waals surface area contributed by atoms with Gasteiger partial charge in [0.15, 0.2) is 0 Å². The Labute approximate surface area is 107 Å². The van der Waals surface area contributed by atoms with Gasteiger partial charge in [0.05, 0.1) is 6.04 Å². The molecule has 0 saturated heterocycles. The first kappa shape index (κ1) is 11.7. The second kappa shape index (κ2) is 4.71. The van der Waals surface area contributed by atoms with E-state index in [0.717, 1.165) is 31.2 Å². The third kappa shape index (κ3) is 2.40. The van der Waals surface area contributed by atoms with Crippen LogP contribution in [0.25, 0.3) is 0 Å². The van der Waals surface area contributed by atoms with Crippen molar-refractivity contribution in [3.8, 4) is 0 Å². The predicted octanol–water partition coefficient (Wildman–Crippen LogP) is 3.19. The topological polar surface area (TPSA) is 29.1 Å². The van der Waals surface area contributed by atoms with Gasteiger partial charge < -0.3 is 5.32 Å². The highest BCUT2D eigenvalue weighted by molar-refractivity contribution is 5.81. The zero-order chi connectivity index (χ0) is 12.5. The van der Waals surface area contributed by atoms with Crippen molar-refractivity contribution in [1.29, 1.82) is 0 Å². The van der Waals surface area contributed by atoms with E-state index >= 15 is 0 Å². The molecule has 0 spiro atoms. The van der Waals surface area contributed by atoms with Crippen molar-refractivity contribution >= 4 is 5.91 Å². The maximum atomic E-state index is 13.0. The molecule has 0 radical (unpaired) electrons. The number of rotatable bonds is 4. The molecule has 1 amide bonds. The first-order valence-electron chi connectivity index (χ1n) is 6.80. The van der Waals surface area contributed by atoms with Crippen molar-refractivity contribution in [2.75, 3.05) is 0 Å². The van der Waals surface area contributed by atoms with Gasteiger partial charge in [-0.05, 0) is 49.3 Å². The van der Waals surface area contributed by atoms with E-state index in [-0.39, 0.29) is 23.7 Å². The van der Waals surface area contributed by atoms with Gasteiger partial charge in [-0.3, -0.25) is 4.79 Å². The fourth-order valence-electron chi connectivity index (χ4n) is 2.53. The van der Waals surface area contributed by atoms with E-state index < -0.39 is 0 Å². The van der Waals surface area contributed by atoms with E-state index in [1.165, 1.54) is 18.6 Å². The lowest BCUT2D eigenvalue weighted by molar-refractivity contribution is -0.123. The SMILES string of the molecule is O=C(N[C@H](c1ccc(F)cc1)C1CCC1)C1CC1. The molecule has 2 nitrogen and oxygen atoms in total. The summed E-state index contributed by atoms with van der Waals surface area (Å²) in [6.07, 6.45) is 5.60. The largest absolute Gasteiger partial charge is 0.349 e. The number of nitrogens with one attached hydrogen (secondary N) is 1. The van der Waals surface area contributed by atoms with Gasteiger partial charge in [-0.25, -0.2) is 4.39 Å². The molecule has 0 aromatic heterocycles. The maximum Gasteiger partial charge on any atom is 0.223 e. The highest BCUT2D eigenvalue weighted by atomic mass is 19.1. The summed E-state index contributed by atoms with van der Waals surface area (Å²) in [5, 5.41) is 3.16. The Morgan fingerprint density at radius 3 is 2.33 bits per heavy atom.